The molecule has 0 aliphatic carbocycles. The Bertz CT molecular complexity index is 880. The molecule has 2 aromatic rings. The summed E-state index contributed by atoms with van der Waals surface area (Å²) in [6, 6.07) is 13.0. The van der Waals surface area contributed by atoms with Crippen LogP contribution in [0, 0.1) is 0 Å². The van der Waals surface area contributed by atoms with Gasteiger partial charge < -0.3 is 9.47 Å². The predicted molar refractivity (Wildman–Crippen MR) is 106 cm³/mol. The first-order valence-corrected chi connectivity index (χ1v) is 9.28. The second-order valence-corrected chi connectivity index (χ2v) is 6.47. The van der Waals surface area contributed by atoms with Gasteiger partial charge in [-0.05, 0) is 48.9 Å². The minimum atomic E-state index is -0.811. The second kappa shape index (κ2) is 9.20. The topological polar surface area (TPSA) is 97.0 Å². The smallest absolute Gasteiger partial charge is 0.253 e. The fourth-order valence-corrected chi connectivity index (χ4v) is 3.01. The number of imide groups is 1. The SMILES string of the molecule is CCOc1ccc(N2C(=O)CC(NNC(=O)Cc3ccc(OC)cc3)C2=O)cc1. The van der Waals surface area contributed by atoms with Crippen molar-refractivity contribution >= 4 is 23.4 Å². The van der Waals surface area contributed by atoms with E-state index in [9.17, 15) is 14.4 Å². The first kappa shape index (κ1) is 20.3. The lowest BCUT2D eigenvalue weighted by molar-refractivity contribution is -0.122. The first-order valence-electron chi connectivity index (χ1n) is 9.28. The zero-order valence-electron chi connectivity index (χ0n) is 16.3. The maximum atomic E-state index is 12.6. The molecule has 1 heterocycles. The van der Waals surface area contributed by atoms with Crippen LogP contribution in [0.3, 0.4) is 0 Å². The third-order valence-electron chi connectivity index (χ3n) is 4.46. The van der Waals surface area contributed by atoms with Crippen LogP contribution in [0.4, 0.5) is 5.69 Å². The molecule has 1 unspecified atom stereocenters. The fourth-order valence-electron chi connectivity index (χ4n) is 3.01. The third kappa shape index (κ3) is 4.91. The Morgan fingerprint density at radius 3 is 2.34 bits per heavy atom. The van der Waals surface area contributed by atoms with E-state index in [4.69, 9.17) is 9.47 Å². The van der Waals surface area contributed by atoms with E-state index >= 15 is 0 Å². The molecule has 1 aliphatic heterocycles. The van der Waals surface area contributed by atoms with Crippen molar-refractivity contribution in [2.75, 3.05) is 18.6 Å². The highest BCUT2D eigenvalue weighted by molar-refractivity contribution is 6.22. The number of hydrogen-bond acceptors (Lipinski definition) is 6. The molecule has 3 amide bonds. The molecule has 0 spiro atoms. The summed E-state index contributed by atoms with van der Waals surface area (Å²) >= 11 is 0. The molecule has 1 aliphatic rings. The van der Waals surface area contributed by atoms with Crippen LogP contribution in [0.5, 0.6) is 11.5 Å². The molecule has 0 aromatic heterocycles. The molecule has 2 aromatic carbocycles. The molecule has 3 rings (SSSR count). The summed E-state index contributed by atoms with van der Waals surface area (Å²) in [5.74, 6) is 0.312. The minimum absolute atomic E-state index is 0.0329. The van der Waals surface area contributed by atoms with Crippen LogP contribution in [0.15, 0.2) is 48.5 Å². The number of methoxy groups -OCH3 is 1. The molecule has 29 heavy (non-hydrogen) atoms. The van der Waals surface area contributed by atoms with Crippen LogP contribution < -0.4 is 25.2 Å². The molecule has 1 fully saturated rings. The number of hydrogen-bond donors (Lipinski definition) is 2. The van der Waals surface area contributed by atoms with Gasteiger partial charge >= 0.3 is 0 Å². The number of carbonyl (C=O) groups is 3. The van der Waals surface area contributed by atoms with Gasteiger partial charge in [0, 0.05) is 0 Å². The number of amides is 3. The number of hydrazine groups is 1. The Balaban J connectivity index is 1.55. The first-order chi connectivity index (χ1) is 14.0. The van der Waals surface area contributed by atoms with Gasteiger partial charge in [-0.2, -0.15) is 0 Å². The van der Waals surface area contributed by atoms with Crippen molar-refractivity contribution in [3.05, 3.63) is 54.1 Å². The van der Waals surface area contributed by atoms with Gasteiger partial charge in [0.25, 0.3) is 5.91 Å². The molecular formula is C21H23N3O5. The molecule has 1 saturated heterocycles. The summed E-state index contributed by atoms with van der Waals surface area (Å²) in [5.41, 5.74) is 6.46. The largest absolute Gasteiger partial charge is 0.497 e. The number of rotatable bonds is 8. The average Bonchev–Trinajstić information content (AvgIpc) is 3.01. The lowest BCUT2D eigenvalue weighted by Crippen LogP contribution is -2.48. The molecule has 1 atom stereocenters. The predicted octanol–water partition coefficient (Wildman–Crippen LogP) is 1.59. The Hall–Kier alpha value is -3.39. The summed E-state index contributed by atoms with van der Waals surface area (Å²) in [4.78, 5) is 38.2. The van der Waals surface area contributed by atoms with E-state index in [1.54, 1.807) is 55.6 Å². The van der Waals surface area contributed by atoms with Gasteiger partial charge in [0.1, 0.15) is 17.5 Å². The molecule has 152 valence electrons. The molecule has 2 N–H and O–H groups in total. The van der Waals surface area contributed by atoms with E-state index in [-0.39, 0.29) is 24.7 Å². The maximum Gasteiger partial charge on any atom is 0.253 e. The van der Waals surface area contributed by atoms with Crippen molar-refractivity contribution in [1.82, 2.24) is 10.9 Å². The van der Waals surface area contributed by atoms with E-state index in [1.165, 1.54) is 0 Å². The molecule has 0 bridgehead atoms. The summed E-state index contributed by atoms with van der Waals surface area (Å²) < 4.78 is 10.5. The van der Waals surface area contributed by atoms with Gasteiger partial charge in [-0.1, -0.05) is 12.1 Å². The van der Waals surface area contributed by atoms with Gasteiger partial charge in [0.2, 0.25) is 11.8 Å². The maximum absolute atomic E-state index is 12.6. The van der Waals surface area contributed by atoms with Gasteiger partial charge in [-0.15, -0.1) is 0 Å². The summed E-state index contributed by atoms with van der Waals surface area (Å²) in [7, 11) is 1.57. The highest BCUT2D eigenvalue weighted by atomic mass is 16.5. The van der Waals surface area contributed by atoms with Crippen molar-refractivity contribution in [3.8, 4) is 11.5 Å². The van der Waals surface area contributed by atoms with Crippen molar-refractivity contribution in [3.63, 3.8) is 0 Å². The van der Waals surface area contributed by atoms with Crippen LogP contribution in [-0.4, -0.2) is 37.5 Å². The molecule has 8 heteroatoms. The Labute approximate surface area is 168 Å². The van der Waals surface area contributed by atoms with Gasteiger partial charge in [0.05, 0.1) is 32.2 Å². The number of nitrogens with one attached hydrogen (secondary N) is 2. The van der Waals surface area contributed by atoms with Crippen LogP contribution in [-0.2, 0) is 20.8 Å². The number of ether oxygens (including phenoxy) is 2. The summed E-state index contributed by atoms with van der Waals surface area (Å²) in [6.45, 7) is 2.41. The van der Waals surface area contributed by atoms with Crippen LogP contribution >= 0.6 is 0 Å². The second-order valence-electron chi connectivity index (χ2n) is 6.47. The molecule has 8 nitrogen and oxygen atoms in total. The number of anilines is 1. The molecule has 0 saturated carbocycles. The van der Waals surface area contributed by atoms with E-state index in [1.807, 2.05) is 6.92 Å². The van der Waals surface area contributed by atoms with Gasteiger partial charge in [0.15, 0.2) is 0 Å². The van der Waals surface area contributed by atoms with Crippen molar-refractivity contribution in [1.29, 1.82) is 0 Å². The highest BCUT2D eigenvalue weighted by Crippen LogP contribution is 2.25. The Morgan fingerprint density at radius 1 is 1.07 bits per heavy atom. The molecular weight excluding hydrogens is 374 g/mol. The number of benzene rings is 2. The molecule has 0 radical (unpaired) electrons. The van der Waals surface area contributed by atoms with Crippen LogP contribution in [0.2, 0.25) is 0 Å². The Morgan fingerprint density at radius 2 is 1.72 bits per heavy atom. The normalized spacial score (nSPS) is 16.1. The van der Waals surface area contributed by atoms with Crippen molar-refractivity contribution in [2.24, 2.45) is 0 Å². The zero-order chi connectivity index (χ0) is 20.8. The van der Waals surface area contributed by atoms with E-state index in [0.29, 0.717) is 23.8 Å². The van der Waals surface area contributed by atoms with E-state index < -0.39 is 11.9 Å². The average molecular weight is 397 g/mol. The monoisotopic (exact) mass is 397 g/mol. The lowest BCUT2D eigenvalue weighted by atomic mass is 10.1. The van der Waals surface area contributed by atoms with E-state index in [0.717, 1.165) is 10.5 Å². The standard InChI is InChI=1S/C21H23N3O5/c1-3-29-17-10-6-15(7-11-17)24-20(26)13-18(21(24)27)22-23-19(25)12-14-4-8-16(28-2)9-5-14/h4-11,18,22H,3,12-13H2,1-2H3,(H,23,25). The quantitative estimate of drug-likeness (QED) is 0.519. The third-order valence-corrected chi connectivity index (χ3v) is 4.46. The summed E-state index contributed by atoms with van der Waals surface area (Å²) in [5, 5.41) is 0. The van der Waals surface area contributed by atoms with Gasteiger partial charge in [-0.3, -0.25) is 19.8 Å². The summed E-state index contributed by atoms with van der Waals surface area (Å²) in [6.07, 6.45) is 0.101. The van der Waals surface area contributed by atoms with Crippen LogP contribution in [0.25, 0.3) is 0 Å². The van der Waals surface area contributed by atoms with Crippen LogP contribution in [0.1, 0.15) is 18.9 Å². The minimum Gasteiger partial charge on any atom is -0.497 e. The zero-order valence-corrected chi connectivity index (χ0v) is 16.3. The number of carbonyl (C=O) groups excluding carboxylic acids is 3. The van der Waals surface area contributed by atoms with Gasteiger partial charge in [-0.25, -0.2) is 10.3 Å². The Kier molecular flexibility index (Phi) is 6.46. The number of nitrogens with zero attached hydrogens (tertiary/aromatic N) is 1. The van der Waals surface area contributed by atoms with Crippen molar-refractivity contribution in [2.45, 2.75) is 25.8 Å². The lowest BCUT2D eigenvalue weighted by Gasteiger charge is -2.16. The highest BCUT2D eigenvalue weighted by Gasteiger charge is 2.39. The van der Waals surface area contributed by atoms with Crippen molar-refractivity contribution < 1.29 is 23.9 Å². The fraction of sp³-hybridized carbons (Fsp3) is 0.286. The van der Waals surface area contributed by atoms with E-state index in [2.05, 4.69) is 10.9 Å².